The summed E-state index contributed by atoms with van der Waals surface area (Å²) in [7, 11) is 2.04. The van der Waals surface area contributed by atoms with Crippen molar-refractivity contribution in [3.8, 4) is 0 Å². The Morgan fingerprint density at radius 3 is 1.22 bits per heavy atom. The van der Waals surface area contributed by atoms with Gasteiger partial charge in [0, 0.05) is 99.3 Å². The maximum atomic E-state index is 12.9. The number of nitrogens with one attached hydrogen (secondary N) is 2. The second kappa shape index (κ2) is 73.2. The number of thiophene rings is 5. The first-order chi connectivity index (χ1) is 68.7. The van der Waals surface area contributed by atoms with Crippen LogP contribution < -0.4 is 29.9 Å². The second-order valence-corrected chi connectivity index (χ2v) is 64.7. The molecular formula is C99H148Cl7ILiMnN17O13S6Si3. The molecule has 49 heteroatoms. The summed E-state index contributed by atoms with van der Waals surface area (Å²) < 4.78 is 48.1. The van der Waals surface area contributed by atoms with Gasteiger partial charge in [0.15, 0.2) is 31.2 Å². The van der Waals surface area contributed by atoms with Crippen LogP contribution >= 0.6 is 159 Å². The van der Waals surface area contributed by atoms with Gasteiger partial charge in [0.25, 0.3) is 0 Å². The average molecular weight is 2500 g/mol. The summed E-state index contributed by atoms with van der Waals surface area (Å²) >= 11 is 35.9. The van der Waals surface area contributed by atoms with Crippen molar-refractivity contribution in [1.29, 1.82) is 5.53 Å². The van der Waals surface area contributed by atoms with Crippen molar-refractivity contribution in [2.45, 2.75) is 309 Å². The van der Waals surface area contributed by atoms with Gasteiger partial charge in [-0.15, -0.1) is 56.7 Å². The molecule has 7 N–H and O–H groups in total. The third-order valence-electron chi connectivity index (χ3n) is 25.4. The number of halogens is 8. The van der Waals surface area contributed by atoms with Gasteiger partial charge in [-0.05, 0) is 249 Å². The number of hydrogen-bond acceptors (Lipinski definition) is 33. The number of carbonyl (C=O) groups excluding carboxylic acids is 4. The molecule has 2 saturated carbocycles. The predicted octanol–water partition coefficient (Wildman–Crippen LogP) is 26.6. The normalized spacial score (nSPS) is 15.3. The van der Waals surface area contributed by atoms with E-state index in [0.717, 1.165) is 104 Å². The van der Waals surface area contributed by atoms with Crippen LogP contribution in [0.4, 0.5) is 5.82 Å². The van der Waals surface area contributed by atoms with Crippen LogP contribution in [0.15, 0.2) is 108 Å². The van der Waals surface area contributed by atoms with Crippen LogP contribution in [0.5, 0.6) is 0 Å². The van der Waals surface area contributed by atoms with Gasteiger partial charge >= 0.3 is 41.4 Å². The van der Waals surface area contributed by atoms with Crippen LogP contribution in [0.2, 0.25) is 75.0 Å². The molecule has 0 saturated heterocycles. The van der Waals surface area contributed by atoms with Gasteiger partial charge in [-0.1, -0.05) is 188 Å². The van der Waals surface area contributed by atoms with Crippen LogP contribution in [0, 0.1) is 74.3 Å². The summed E-state index contributed by atoms with van der Waals surface area (Å²) in [6, 6.07) is 10.1. The predicted molar refractivity (Wildman–Crippen MR) is 616 cm³/mol. The molecule has 10 aromatic rings. The van der Waals surface area contributed by atoms with E-state index < -0.39 is 55.1 Å². The zero-order valence-corrected chi connectivity index (χ0v) is 107. The number of aryl methyl sites for hydroxylation is 5. The first-order valence-electron chi connectivity index (χ1n) is 47.5. The van der Waals surface area contributed by atoms with E-state index in [1.54, 1.807) is 42.1 Å². The SMILES string of the molecule is CCN(CC)CC.CC[C@H]1C[C@@H](N)C[C@@H]1C.CC[C@H]1C[C@@H](Nc2ncncc2C(=O)c2cc(CO)c(C)s2)C[C@@H]1C.Cc1sc(C(=O)c2cncnc2Cl)cc1CO.Cc1sc(C(=O)c2cncnc2Cl)cc1CO[Si](C)(C)C(C)(C)C.Cc1sc(C(O)c2cncnc2Cl)cc1CO[Si](C)(C)C(C)(C)C.Cc1sc(C=O)cc1CO[Si](C)(C)C(C)(C)C.Clc1ncncc1I.N=NN=NCl.O=S(Cl)Cl.[CH2-]CCC.[Li+].[O]=[Mn]=[O]. The summed E-state index contributed by atoms with van der Waals surface area (Å²) in [6.07, 6.45) is 24.1. The topological polar surface area (TPSA) is 439 Å². The van der Waals surface area contributed by atoms with E-state index in [0.29, 0.717) is 80.1 Å². The van der Waals surface area contributed by atoms with Gasteiger partial charge in [-0.3, -0.25) is 19.2 Å². The van der Waals surface area contributed by atoms with Crippen molar-refractivity contribution in [3.63, 3.8) is 0 Å². The number of aliphatic hydroxyl groups is 3. The molecule has 0 bridgehead atoms. The Kier molecular flexibility index (Phi) is 71.0. The first-order valence-corrected chi connectivity index (χ1v) is 67.0. The third-order valence-corrected chi connectivity index (χ3v) is 46.7. The summed E-state index contributed by atoms with van der Waals surface area (Å²) in [4.78, 5) is 98.5. The molecule has 0 amide bonds. The zero-order valence-electron chi connectivity index (χ0n) is 90.4. The Morgan fingerprint density at radius 2 is 0.919 bits per heavy atom. The van der Waals surface area contributed by atoms with E-state index in [2.05, 4.69) is 295 Å². The molecule has 10 aromatic heterocycles. The minimum atomic E-state index is -1.82. The van der Waals surface area contributed by atoms with Crippen molar-refractivity contribution in [3.05, 3.63) is 223 Å². The van der Waals surface area contributed by atoms with E-state index in [9.17, 15) is 29.4 Å². The molecule has 819 valence electrons. The van der Waals surface area contributed by atoms with E-state index in [4.69, 9.17) is 87.9 Å². The fraction of sp³-hybridized carbons (Fsp3) is 0.545. The van der Waals surface area contributed by atoms with Crippen LogP contribution in [-0.2, 0) is 78.0 Å². The molecule has 7 atom stereocenters. The number of aldehydes is 1. The van der Waals surface area contributed by atoms with Crippen LogP contribution in [0.25, 0.3) is 0 Å². The average Bonchev–Trinajstić information content (AvgIpc) is 1.63. The van der Waals surface area contributed by atoms with Crippen LogP contribution in [-0.4, -0.2) is 155 Å². The number of hydrogen-bond donors (Lipinski definition) is 6. The molecule has 2 aliphatic rings. The standard InChI is InChI=1S/C19H25N3O2S.C17H25ClN2O2SSi.C17H23ClN2O2SSi.C13H22O2SSi.C11H9ClN2O2S.C8H17N.C6H15N.C4H2ClIN2.C4H9.Cl2OS.ClHN4.Li.Mn.2O/c1-4-13-6-15(5-11(13)2)22-19-16(8-20-10-21-19)18(24)17-7-14(9-23)12(3)25-17;2*1-11-12(9-22-24(5,6)17(2,3)4)7-14(23-11)15(21)13-8-19-10-20-16(13)18;1-10-11(7-12(8-14)16-10)9-15-17(5,6)13(2,3)4;1-6-7(4-15)2-9(17-6)10(16)8-3-13-5-14-11(8)12;1-3-7-5-8(9)4-6(7)2;1-4-7(5-2)6-3;5-4-3(6)1-7-2-8-4;1-3-4-2;1-4(2)3;1-3-5-4-2;;;;/h7-8,10-11,13,15,23H,4-6,9H2,1-3H3,(H,20,21,22);7-8,10,15,21H,9H2,1-6H3;7-8,10H,9H2,1-6H3;7-8H,9H2,1-6H3;2-3,5,15H,4H2,1H3;6-8H,3-5,9H2,1-2H3;4-6H2,1-3H3;1-2H;1,3-4H2,2H3;;2H;;;;/q;;;;;;;;-1;;;+1;;;/t11-,13-,15-;;;;;6-,7-,8-;;;;;;;;;/m0....0........./s1. The Morgan fingerprint density at radius 1 is 0.574 bits per heavy atom. The summed E-state index contributed by atoms with van der Waals surface area (Å²) in [5.74, 6) is 3.38. The van der Waals surface area contributed by atoms with Gasteiger partial charge < -0.3 is 51.5 Å². The Balaban J connectivity index is 0.00000167. The Labute approximate surface area is 967 Å². The minimum absolute atomic E-state index is 0. The quantitative estimate of drug-likeness (QED) is 0.00292. The van der Waals surface area contributed by atoms with E-state index in [1.807, 2.05) is 52.8 Å². The molecular weight excluding hydrogens is 2350 g/mol. The van der Waals surface area contributed by atoms with E-state index in [1.165, 1.54) is 146 Å². The van der Waals surface area contributed by atoms with Crippen molar-refractivity contribution >= 4 is 222 Å². The van der Waals surface area contributed by atoms with Gasteiger partial charge in [0.1, 0.15) is 64.2 Å². The van der Waals surface area contributed by atoms with E-state index in [-0.39, 0.29) is 85.6 Å². The number of unbranched alkanes of at least 4 members (excludes halogenated alkanes) is 1. The number of aromatic nitrogens is 10. The van der Waals surface area contributed by atoms with Crippen molar-refractivity contribution < 1.29 is 93.3 Å². The first kappa shape index (κ1) is 144. The molecule has 10 heterocycles. The van der Waals surface area contributed by atoms with Gasteiger partial charge in [0.2, 0.25) is 26.6 Å². The molecule has 0 aliphatic heterocycles. The number of nitrogens with two attached hydrogens (primary N) is 1. The molecule has 12 rings (SSSR count). The van der Waals surface area contributed by atoms with Crippen molar-refractivity contribution in [2.75, 3.05) is 25.0 Å². The summed E-state index contributed by atoms with van der Waals surface area (Å²) in [6.45, 7) is 69.9. The maximum absolute atomic E-state index is 12.9. The number of ketones is 3. The molecule has 2 aliphatic carbocycles. The molecule has 30 nitrogen and oxygen atoms in total. The van der Waals surface area contributed by atoms with Gasteiger partial charge in [-0.25, -0.2) is 54.0 Å². The fourth-order valence-electron chi connectivity index (χ4n) is 13.1. The molecule has 0 radical (unpaired) electrons. The summed E-state index contributed by atoms with van der Waals surface area (Å²) in [5, 5.41) is 39.3. The molecule has 0 spiro atoms. The number of rotatable bonds is 29. The molecule has 2 fully saturated rings. The zero-order chi connectivity index (χ0) is 112. The molecule has 1 unspecified atom stereocenters. The summed E-state index contributed by atoms with van der Waals surface area (Å²) in [5.41, 5.74) is 18.2. The van der Waals surface area contributed by atoms with Crippen LogP contribution in [0.3, 0.4) is 0 Å². The van der Waals surface area contributed by atoms with Gasteiger partial charge in [0.05, 0.1) is 84.6 Å². The second-order valence-electron chi connectivity index (χ2n) is 38.5. The molecule has 148 heavy (non-hydrogen) atoms. The monoisotopic (exact) mass is 2490 g/mol. The van der Waals surface area contributed by atoms with Crippen molar-refractivity contribution in [2.24, 2.45) is 44.5 Å². The van der Waals surface area contributed by atoms with Crippen molar-refractivity contribution in [1.82, 2.24) is 54.7 Å². The van der Waals surface area contributed by atoms with Crippen LogP contribution in [0.1, 0.15) is 293 Å². The molecule has 0 aromatic carbocycles. The fourth-order valence-corrected chi connectivity index (χ4v) is 21.8. The third kappa shape index (κ3) is 50.8. The van der Waals surface area contributed by atoms with Gasteiger partial charge in [-0.2, -0.15) is 12.0 Å². The number of carbonyl (C=O) groups is 4. The Bertz CT molecular complexity index is 5710. The van der Waals surface area contributed by atoms with E-state index >= 15 is 0 Å². The number of anilines is 1. The number of nitrogens with zero attached hydrogens (tertiary/aromatic N) is 14. The number of aliphatic hydroxyl groups excluding tert-OH is 3. The Hall–Kier alpha value is -4.46.